The van der Waals surface area contributed by atoms with Crippen LogP contribution in [-0.2, 0) is 14.3 Å². The molecular formula is C14H24O4. The van der Waals surface area contributed by atoms with Crippen molar-refractivity contribution in [2.75, 3.05) is 6.61 Å². The average Bonchev–Trinajstić information content (AvgIpc) is 2.35. The number of esters is 1. The van der Waals surface area contributed by atoms with Crippen molar-refractivity contribution in [2.24, 2.45) is 5.92 Å². The summed E-state index contributed by atoms with van der Waals surface area (Å²) in [6.07, 6.45) is 6.06. The molecule has 104 valence electrons. The molecular weight excluding hydrogens is 232 g/mol. The van der Waals surface area contributed by atoms with Crippen LogP contribution >= 0.6 is 0 Å². The van der Waals surface area contributed by atoms with Gasteiger partial charge in [0.1, 0.15) is 5.57 Å². The first-order valence-electron chi connectivity index (χ1n) is 6.67. The van der Waals surface area contributed by atoms with Gasteiger partial charge in [-0.25, -0.2) is 9.59 Å². The van der Waals surface area contributed by atoms with E-state index in [1.165, 1.54) is 6.08 Å². The molecule has 0 bridgehead atoms. The van der Waals surface area contributed by atoms with Crippen molar-refractivity contribution in [1.29, 1.82) is 0 Å². The van der Waals surface area contributed by atoms with Crippen molar-refractivity contribution in [3.05, 3.63) is 11.6 Å². The summed E-state index contributed by atoms with van der Waals surface area (Å²) in [4.78, 5) is 22.4. The Kier molecular flexibility index (Phi) is 8.97. The van der Waals surface area contributed by atoms with E-state index in [4.69, 9.17) is 9.84 Å². The van der Waals surface area contributed by atoms with Crippen LogP contribution in [0.1, 0.15) is 52.9 Å². The Hall–Kier alpha value is -1.32. The number of unbranched alkanes of at least 4 members (excludes halogenated alkanes) is 1. The van der Waals surface area contributed by atoms with E-state index in [9.17, 15) is 9.59 Å². The maximum Gasteiger partial charge on any atom is 0.345 e. The first kappa shape index (κ1) is 16.7. The molecule has 1 N–H and O–H groups in total. The van der Waals surface area contributed by atoms with E-state index in [0.29, 0.717) is 18.9 Å². The summed E-state index contributed by atoms with van der Waals surface area (Å²) in [7, 11) is 0. The highest BCUT2D eigenvalue weighted by Crippen LogP contribution is 2.14. The van der Waals surface area contributed by atoms with Gasteiger partial charge in [-0.3, -0.25) is 0 Å². The molecule has 0 radical (unpaired) electrons. The lowest BCUT2D eigenvalue weighted by molar-refractivity contribution is -0.145. The molecule has 4 nitrogen and oxygen atoms in total. The molecule has 0 amide bonds. The van der Waals surface area contributed by atoms with Gasteiger partial charge in [-0.15, -0.1) is 0 Å². The van der Waals surface area contributed by atoms with Crippen LogP contribution in [0.4, 0.5) is 0 Å². The second-order valence-corrected chi connectivity index (χ2v) is 4.35. The number of rotatable bonds is 9. The third-order valence-electron chi connectivity index (χ3n) is 2.85. The smallest absolute Gasteiger partial charge is 0.345 e. The van der Waals surface area contributed by atoms with Crippen molar-refractivity contribution < 1.29 is 19.4 Å². The van der Waals surface area contributed by atoms with Crippen molar-refractivity contribution in [3.63, 3.8) is 0 Å². The molecule has 1 unspecified atom stereocenters. The van der Waals surface area contributed by atoms with Crippen LogP contribution in [0.25, 0.3) is 0 Å². The number of carbonyl (C=O) groups excluding carboxylic acids is 1. The molecule has 0 rings (SSSR count). The van der Waals surface area contributed by atoms with Crippen LogP contribution in [0.3, 0.4) is 0 Å². The zero-order chi connectivity index (χ0) is 14.0. The van der Waals surface area contributed by atoms with E-state index >= 15 is 0 Å². The maximum absolute atomic E-state index is 11.6. The van der Waals surface area contributed by atoms with Crippen molar-refractivity contribution in [1.82, 2.24) is 0 Å². The van der Waals surface area contributed by atoms with Gasteiger partial charge < -0.3 is 9.84 Å². The van der Waals surface area contributed by atoms with E-state index in [-0.39, 0.29) is 5.57 Å². The van der Waals surface area contributed by atoms with Crippen LogP contribution in [0.15, 0.2) is 11.6 Å². The fourth-order valence-electron chi connectivity index (χ4n) is 1.63. The molecule has 0 aliphatic carbocycles. The summed E-state index contributed by atoms with van der Waals surface area (Å²) in [6, 6.07) is 0. The molecule has 0 spiro atoms. The van der Waals surface area contributed by atoms with E-state index < -0.39 is 11.9 Å². The Morgan fingerprint density at radius 2 is 1.94 bits per heavy atom. The van der Waals surface area contributed by atoms with E-state index in [1.54, 1.807) is 6.92 Å². The molecule has 0 aromatic heterocycles. The molecule has 0 aromatic rings. The molecule has 0 saturated heterocycles. The summed E-state index contributed by atoms with van der Waals surface area (Å²) in [5.74, 6) is -1.62. The molecule has 0 aliphatic rings. The second-order valence-electron chi connectivity index (χ2n) is 4.35. The van der Waals surface area contributed by atoms with Crippen LogP contribution in [0.2, 0.25) is 0 Å². The number of carbonyl (C=O) groups is 2. The summed E-state index contributed by atoms with van der Waals surface area (Å²) < 4.78 is 5.08. The predicted molar refractivity (Wildman–Crippen MR) is 70.3 cm³/mol. The topological polar surface area (TPSA) is 63.6 Å². The van der Waals surface area contributed by atoms with Gasteiger partial charge in [-0.05, 0) is 18.8 Å². The molecule has 18 heavy (non-hydrogen) atoms. The first-order valence-corrected chi connectivity index (χ1v) is 6.67. The standard InChI is InChI=1S/C14H24O4/c1-4-7-9-11(6-3)10-18-14(17)12(8-5-2)13(15)16/h8,11H,4-7,9-10H2,1-3H3,(H,15,16). The van der Waals surface area contributed by atoms with Gasteiger partial charge in [0.15, 0.2) is 0 Å². The minimum absolute atomic E-state index is 0.261. The van der Waals surface area contributed by atoms with Crippen molar-refractivity contribution >= 4 is 11.9 Å². The minimum atomic E-state index is -1.22. The highest BCUT2D eigenvalue weighted by Gasteiger charge is 2.19. The second kappa shape index (κ2) is 9.68. The number of allylic oxidation sites excluding steroid dienone is 1. The minimum Gasteiger partial charge on any atom is -0.477 e. The molecule has 0 saturated carbocycles. The average molecular weight is 256 g/mol. The first-order chi connectivity index (χ1) is 8.56. The fraction of sp³-hybridized carbons (Fsp3) is 0.714. The quantitative estimate of drug-likeness (QED) is 0.298. The van der Waals surface area contributed by atoms with E-state index in [1.807, 2.05) is 6.92 Å². The molecule has 0 aliphatic heterocycles. The van der Waals surface area contributed by atoms with Crippen LogP contribution in [0.5, 0.6) is 0 Å². The number of carboxylic acid groups (broad SMARTS) is 1. The van der Waals surface area contributed by atoms with Crippen LogP contribution in [-0.4, -0.2) is 23.7 Å². The normalized spacial score (nSPS) is 13.2. The summed E-state index contributed by atoms with van der Waals surface area (Å²) in [6.45, 7) is 6.26. The Labute approximate surface area is 109 Å². The van der Waals surface area contributed by atoms with Gasteiger partial charge in [-0.2, -0.15) is 0 Å². The zero-order valence-electron chi connectivity index (χ0n) is 11.6. The molecule has 0 heterocycles. The molecule has 4 heteroatoms. The largest absolute Gasteiger partial charge is 0.477 e. The van der Waals surface area contributed by atoms with Gasteiger partial charge >= 0.3 is 11.9 Å². The monoisotopic (exact) mass is 256 g/mol. The molecule has 1 atom stereocenters. The van der Waals surface area contributed by atoms with Crippen molar-refractivity contribution in [2.45, 2.75) is 52.9 Å². The van der Waals surface area contributed by atoms with Gasteiger partial charge in [0.05, 0.1) is 6.61 Å². The lowest BCUT2D eigenvalue weighted by atomic mass is 10.0. The molecule has 0 fully saturated rings. The van der Waals surface area contributed by atoms with Gasteiger partial charge in [0.2, 0.25) is 0 Å². The number of aliphatic carboxylic acids is 1. The highest BCUT2D eigenvalue weighted by molar-refractivity contribution is 6.13. The Balaban J connectivity index is 4.29. The summed E-state index contributed by atoms with van der Waals surface area (Å²) >= 11 is 0. The lowest BCUT2D eigenvalue weighted by Gasteiger charge is -2.14. The number of hydrogen-bond donors (Lipinski definition) is 1. The van der Waals surface area contributed by atoms with Gasteiger partial charge in [-0.1, -0.05) is 46.1 Å². The van der Waals surface area contributed by atoms with Gasteiger partial charge in [0, 0.05) is 0 Å². The Morgan fingerprint density at radius 1 is 1.28 bits per heavy atom. The third-order valence-corrected chi connectivity index (χ3v) is 2.85. The fourth-order valence-corrected chi connectivity index (χ4v) is 1.63. The molecule has 0 aromatic carbocycles. The summed E-state index contributed by atoms with van der Waals surface area (Å²) in [5.41, 5.74) is -0.261. The summed E-state index contributed by atoms with van der Waals surface area (Å²) in [5, 5.41) is 8.87. The van der Waals surface area contributed by atoms with Crippen molar-refractivity contribution in [3.8, 4) is 0 Å². The predicted octanol–water partition coefficient (Wildman–Crippen LogP) is 3.17. The maximum atomic E-state index is 11.6. The SMILES string of the molecule is CCC=C(C(=O)O)C(=O)OCC(CC)CCCC. The van der Waals surface area contributed by atoms with Crippen LogP contribution < -0.4 is 0 Å². The van der Waals surface area contributed by atoms with E-state index in [2.05, 4.69) is 6.92 Å². The number of carboxylic acids is 1. The Bertz CT molecular complexity index is 294. The highest BCUT2D eigenvalue weighted by atomic mass is 16.5. The number of ether oxygens (including phenoxy) is 1. The number of hydrogen-bond acceptors (Lipinski definition) is 3. The zero-order valence-corrected chi connectivity index (χ0v) is 11.6. The van der Waals surface area contributed by atoms with E-state index in [0.717, 1.165) is 25.7 Å². The van der Waals surface area contributed by atoms with Crippen LogP contribution in [0, 0.1) is 5.92 Å². The third kappa shape index (κ3) is 6.42. The Morgan fingerprint density at radius 3 is 2.39 bits per heavy atom. The lowest BCUT2D eigenvalue weighted by Crippen LogP contribution is -2.19. The van der Waals surface area contributed by atoms with Gasteiger partial charge in [0.25, 0.3) is 0 Å².